The fraction of sp³-hybridized carbons (Fsp3) is 0. The standard InChI is InChI=1S/C8H7N4/c1-2-6-12(7-3-1)8-4-5-9-11-10-8/h1-7H/q+1. The second-order valence-electron chi connectivity index (χ2n) is 2.26. The third kappa shape index (κ3) is 1.27. The molecular weight excluding hydrogens is 152 g/mol. The average Bonchev–Trinajstić information content (AvgIpc) is 2.21. The highest BCUT2D eigenvalue weighted by atomic mass is 15.3. The molecule has 0 bridgehead atoms. The first-order valence-electron chi connectivity index (χ1n) is 3.58. The molecule has 0 amide bonds. The minimum Gasteiger partial charge on any atom is -0.201 e. The molecule has 0 aromatic carbocycles. The lowest BCUT2D eigenvalue weighted by molar-refractivity contribution is -0.600. The van der Waals surface area contributed by atoms with Crippen LogP contribution in [0.5, 0.6) is 0 Å². The summed E-state index contributed by atoms with van der Waals surface area (Å²) in [7, 11) is 0. The zero-order valence-corrected chi connectivity index (χ0v) is 6.33. The predicted octanol–water partition coefficient (Wildman–Crippen LogP) is 0.148. The first-order valence-corrected chi connectivity index (χ1v) is 3.58. The average molecular weight is 159 g/mol. The Bertz CT molecular complexity index is 308. The van der Waals surface area contributed by atoms with Gasteiger partial charge in [-0.3, -0.25) is 0 Å². The van der Waals surface area contributed by atoms with E-state index in [9.17, 15) is 0 Å². The van der Waals surface area contributed by atoms with E-state index in [1.54, 1.807) is 12.3 Å². The lowest BCUT2D eigenvalue weighted by Crippen LogP contribution is -2.30. The van der Waals surface area contributed by atoms with E-state index in [1.807, 2.05) is 35.2 Å². The highest BCUT2D eigenvalue weighted by Gasteiger charge is 2.04. The smallest absolute Gasteiger partial charge is 0.201 e. The number of nitrogens with zero attached hydrogens (tertiary/aromatic N) is 4. The first-order chi connectivity index (χ1) is 5.97. The Balaban J connectivity index is 2.46. The SMILES string of the molecule is c1cc[n+](-c2ccnnn2)cc1. The Morgan fingerprint density at radius 1 is 1.08 bits per heavy atom. The maximum Gasteiger partial charge on any atom is 0.358 e. The molecule has 0 fully saturated rings. The van der Waals surface area contributed by atoms with Crippen molar-refractivity contribution in [2.24, 2.45) is 0 Å². The van der Waals surface area contributed by atoms with E-state index in [1.165, 1.54) is 0 Å². The molecule has 4 nitrogen and oxygen atoms in total. The molecule has 0 aliphatic rings. The summed E-state index contributed by atoms with van der Waals surface area (Å²) in [5.41, 5.74) is 0. The summed E-state index contributed by atoms with van der Waals surface area (Å²) in [5, 5.41) is 11.0. The summed E-state index contributed by atoms with van der Waals surface area (Å²) in [6.45, 7) is 0. The maximum absolute atomic E-state index is 3.85. The van der Waals surface area contributed by atoms with Crippen LogP contribution in [0.25, 0.3) is 5.82 Å². The van der Waals surface area contributed by atoms with Gasteiger partial charge in [0.2, 0.25) is 0 Å². The quantitative estimate of drug-likeness (QED) is 0.556. The number of rotatable bonds is 1. The molecule has 2 rings (SSSR count). The summed E-state index contributed by atoms with van der Waals surface area (Å²) >= 11 is 0. The summed E-state index contributed by atoms with van der Waals surface area (Å²) in [5.74, 6) is 0.769. The van der Waals surface area contributed by atoms with Crippen LogP contribution >= 0.6 is 0 Å². The van der Waals surface area contributed by atoms with Gasteiger partial charge in [-0.1, -0.05) is 6.07 Å². The first kappa shape index (κ1) is 6.84. The molecule has 0 spiro atoms. The Morgan fingerprint density at radius 2 is 1.92 bits per heavy atom. The minimum atomic E-state index is 0.769. The van der Waals surface area contributed by atoms with Crippen molar-refractivity contribution in [1.29, 1.82) is 0 Å². The van der Waals surface area contributed by atoms with Crippen LogP contribution in [-0.4, -0.2) is 15.4 Å². The van der Waals surface area contributed by atoms with Gasteiger partial charge in [0.25, 0.3) is 0 Å². The van der Waals surface area contributed by atoms with Crippen LogP contribution in [0.3, 0.4) is 0 Å². The third-order valence-corrected chi connectivity index (χ3v) is 1.47. The van der Waals surface area contributed by atoms with Crippen LogP contribution in [0.2, 0.25) is 0 Å². The van der Waals surface area contributed by atoms with E-state index in [0.29, 0.717) is 0 Å². The normalized spacial score (nSPS) is 9.67. The van der Waals surface area contributed by atoms with Crippen LogP contribution < -0.4 is 4.57 Å². The lowest BCUT2D eigenvalue weighted by Gasteiger charge is -1.90. The second kappa shape index (κ2) is 3.04. The molecule has 0 radical (unpaired) electrons. The topological polar surface area (TPSA) is 42.5 Å². The van der Waals surface area contributed by atoms with Crippen molar-refractivity contribution >= 4 is 0 Å². The fourth-order valence-electron chi connectivity index (χ4n) is 0.924. The van der Waals surface area contributed by atoms with Gasteiger partial charge >= 0.3 is 5.82 Å². The molecule has 58 valence electrons. The van der Waals surface area contributed by atoms with Crippen LogP contribution in [0.4, 0.5) is 0 Å². The van der Waals surface area contributed by atoms with Gasteiger partial charge < -0.3 is 0 Å². The fourth-order valence-corrected chi connectivity index (χ4v) is 0.924. The second-order valence-corrected chi connectivity index (χ2v) is 2.26. The van der Waals surface area contributed by atoms with Crippen LogP contribution in [0, 0.1) is 0 Å². The molecule has 2 aromatic heterocycles. The highest BCUT2D eigenvalue weighted by Crippen LogP contribution is 1.87. The van der Waals surface area contributed by atoms with Crippen molar-refractivity contribution in [3.05, 3.63) is 42.9 Å². The summed E-state index contributed by atoms with van der Waals surface area (Å²) < 4.78 is 1.87. The van der Waals surface area contributed by atoms with Gasteiger partial charge in [0.15, 0.2) is 0 Å². The number of aromatic nitrogens is 4. The number of hydrogen-bond donors (Lipinski definition) is 0. The Labute approximate surface area is 69.5 Å². The number of hydrogen-bond acceptors (Lipinski definition) is 3. The molecule has 0 saturated heterocycles. The van der Waals surface area contributed by atoms with E-state index in [-0.39, 0.29) is 0 Å². The molecule has 0 atom stereocenters. The predicted molar refractivity (Wildman–Crippen MR) is 41.4 cm³/mol. The Kier molecular flexibility index (Phi) is 1.74. The van der Waals surface area contributed by atoms with Crippen LogP contribution in [0.1, 0.15) is 0 Å². The largest absolute Gasteiger partial charge is 0.358 e. The van der Waals surface area contributed by atoms with E-state index in [0.717, 1.165) is 5.82 Å². The minimum absolute atomic E-state index is 0.769. The van der Waals surface area contributed by atoms with Crippen molar-refractivity contribution in [2.75, 3.05) is 0 Å². The summed E-state index contributed by atoms with van der Waals surface area (Å²) in [6, 6.07) is 7.61. The van der Waals surface area contributed by atoms with E-state index < -0.39 is 0 Å². The number of pyridine rings is 1. The van der Waals surface area contributed by atoms with Gasteiger partial charge in [0, 0.05) is 0 Å². The van der Waals surface area contributed by atoms with Crippen molar-refractivity contribution in [2.45, 2.75) is 0 Å². The molecule has 2 aromatic rings. The molecule has 2 heterocycles. The van der Waals surface area contributed by atoms with Gasteiger partial charge in [0.1, 0.15) is 5.10 Å². The molecule has 0 aliphatic carbocycles. The van der Waals surface area contributed by atoms with E-state index in [2.05, 4.69) is 15.4 Å². The third-order valence-electron chi connectivity index (χ3n) is 1.47. The van der Waals surface area contributed by atoms with Crippen molar-refractivity contribution in [3.63, 3.8) is 0 Å². The molecular formula is C8H7N4+. The Hall–Kier alpha value is -1.84. The summed E-state index contributed by atoms with van der Waals surface area (Å²) in [4.78, 5) is 0. The highest BCUT2D eigenvalue weighted by molar-refractivity contribution is 5.03. The van der Waals surface area contributed by atoms with E-state index >= 15 is 0 Å². The van der Waals surface area contributed by atoms with Gasteiger partial charge in [-0.2, -0.15) is 0 Å². The molecule has 4 heteroatoms. The maximum atomic E-state index is 3.85. The zero-order chi connectivity index (χ0) is 8.23. The van der Waals surface area contributed by atoms with Gasteiger partial charge in [-0.15, -0.1) is 5.10 Å². The van der Waals surface area contributed by atoms with Gasteiger partial charge in [-0.25, -0.2) is 4.57 Å². The Morgan fingerprint density at radius 3 is 2.58 bits per heavy atom. The summed E-state index contributed by atoms with van der Waals surface area (Å²) in [6.07, 6.45) is 5.43. The van der Waals surface area contributed by atoms with Crippen molar-refractivity contribution in [3.8, 4) is 5.82 Å². The zero-order valence-electron chi connectivity index (χ0n) is 6.33. The lowest BCUT2D eigenvalue weighted by atomic mass is 10.5. The molecule has 0 aliphatic heterocycles. The van der Waals surface area contributed by atoms with Crippen molar-refractivity contribution in [1.82, 2.24) is 15.4 Å². The van der Waals surface area contributed by atoms with Crippen molar-refractivity contribution < 1.29 is 4.57 Å². The van der Waals surface area contributed by atoms with Crippen LogP contribution in [0.15, 0.2) is 42.9 Å². The monoisotopic (exact) mass is 159 g/mol. The van der Waals surface area contributed by atoms with Gasteiger partial charge in [0.05, 0.1) is 29.9 Å². The molecule has 0 saturated carbocycles. The van der Waals surface area contributed by atoms with Crippen LogP contribution in [-0.2, 0) is 0 Å². The molecule has 12 heavy (non-hydrogen) atoms. The molecule has 0 N–H and O–H groups in total. The van der Waals surface area contributed by atoms with Gasteiger partial charge in [-0.05, 0) is 12.1 Å². The van der Waals surface area contributed by atoms with E-state index in [4.69, 9.17) is 0 Å². The molecule has 0 unspecified atom stereocenters.